The molecular formula is C34H31N5O4. The molecule has 0 amide bonds. The largest absolute Gasteiger partial charge is 0.481 e. The first-order valence-electron chi connectivity index (χ1n) is 14.6. The topological polar surface area (TPSA) is 128 Å². The normalized spacial score (nSPS) is 16.8. The summed E-state index contributed by atoms with van der Waals surface area (Å²) >= 11 is 0. The smallest absolute Gasteiger partial charge is 0.307 e. The molecule has 2 aliphatic rings. The standard InChI is InChI=1S/C34H31N5O4/c1-19-24(5-3-7-26(19)32-38-29-16-36-11-9-30(29)42-32)25-6-4-8-27(20(25)2)33-37-28-14-21(13-23(15-35)31(28)43-33)17-39-12-10-22(18-39)34(40)41/h3-8,13-14,22,36H,9-12,16-18H2,1-2H3,(H,40,41)/t22-/m1/s1. The quantitative estimate of drug-likeness (QED) is 0.257. The predicted octanol–water partition coefficient (Wildman–Crippen LogP) is 5.86. The molecule has 0 saturated carbocycles. The number of likely N-dealkylation sites (tertiary alicyclic amines) is 1. The van der Waals surface area contributed by atoms with E-state index in [1.54, 1.807) is 0 Å². The zero-order chi connectivity index (χ0) is 29.7. The van der Waals surface area contributed by atoms with Crippen LogP contribution in [-0.4, -0.2) is 45.6 Å². The number of nitrogens with one attached hydrogen (secondary N) is 1. The number of rotatable bonds is 6. The SMILES string of the molecule is Cc1c(-c2nc3c(o2)CCNC3)cccc1-c1cccc(-c2nc3cc(CN4CC[C@@H](C(=O)O)C4)cc(C#N)c3o2)c1C. The fourth-order valence-electron chi connectivity index (χ4n) is 6.38. The van der Waals surface area contributed by atoms with E-state index >= 15 is 0 Å². The summed E-state index contributed by atoms with van der Waals surface area (Å²) in [6, 6.07) is 18.3. The summed E-state index contributed by atoms with van der Waals surface area (Å²) in [6.07, 6.45) is 1.47. The second-order valence-corrected chi connectivity index (χ2v) is 11.5. The summed E-state index contributed by atoms with van der Waals surface area (Å²) in [7, 11) is 0. The van der Waals surface area contributed by atoms with Crippen LogP contribution < -0.4 is 5.32 Å². The van der Waals surface area contributed by atoms with Crippen molar-refractivity contribution in [3.05, 3.63) is 82.2 Å². The van der Waals surface area contributed by atoms with Gasteiger partial charge < -0.3 is 19.3 Å². The van der Waals surface area contributed by atoms with Crippen LogP contribution in [-0.2, 0) is 24.3 Å². The first kappa shape index (κ1) is 27.1. The Bertz CT molecular complexity index is 1910. The first-order valence-corrected chi connectivity index (χ1v) is 14.6. The van der Waals surface area contributed by atoms with E-state index in [1.165, 1.54) is 0 Å². The van der Waals surface area contributed by atoms with E-state index in [-0.39, 0.29) is 5.92 Å². The third-order valence-electron chi connectivity index (χ3n) is 8.72. The summed E-state index contributed by atoms with van der Waals surface area (Å²) < 4.78 is 12.4. The lowest BCUT2D eigenvalue weighted by molar-refractivity contribution is -0.141. The van der Waals surface area contributed by atoms with E-state index < -0.39 is 5.97 Å². The molecule has 2 aliphatic heterocycles. The zero-order valence-electron chi connectivity index (χ0n) is 24.1. The van der Waals surface area contributed by atoms with Crippen LogP contribution in [0, 0.1) is 31.1 Å². The van der Waals surface area contributed by atoms with Crippen molar-refractivity contribution < 1.29 is 18.7 Å². The predicted molar refractivity (Wildman–Crippen MR) is 161 cm³/mol. The fourth-order valence-corrected chi connectivity index (χ4v) is 6.38. The summed E-state index contributed by atoms with van der Waals surface area (Å²) in [5.41, 5.74) is 9.43. The number of nitriles is 1. The summed E-state index contributed by atoms with van der Waals surface area (Å²) in [5.74, 6) is 0.947. The van der Waals surface area contributed by atoms with Gasteiger partial charge in [-0.05, 0) is 78.9 Å². The van der Waals surface area contributed by atoms with Gasteiger partial charge in [-0.1, -0.05) is 24.3 Å². The van der Waals surface area contributed by atoms with Crippen LogP contribution in [0.15, 0.2) is 57.4 Å². The highest BCUT2D eigenvalue weighted by Gasteiger charge is 2.28. The Labute approximate surface area is 248 Å². The summed E-state index contributed by atoms with van der Waals surface area (Å²) in [5, 5.41) is 22.6. The zero-order valence-corrected chi connectivity index (χ0v) is 24.1. The number of hydrogen-bond acceptors (Lipinski definition) is 8. The molecule has 0 radical (unpaired) electrons. The van der Waals surface area contributed by atoms with Gasteiger partial charge in [0, 0.05) is 43.7 Å². The Kier molecular flexibility index (Phi) is 6.80. The lowest BCUT2D eigenvalue weighted by Crippen LogP contribution is -2.22. The third-order valence-corrected chi connectivity index (χ3v) is 8.72. The van der Waals surface area contributed by atoms with Gasteiger partial charge in [0.1, 0.15) is 17.3 Å². The molecule has 4 heterocycles. The molecular weight excluding hydrogens is 542 g/mol. The van der Waals surface area contributed by atoms with Crippen LogP contribution in [0.4, 0.5) is 0 Å². The molecule has 1 fully saturated rings. The number of aliphatic carboxylic acids is 1. The van der Waals surface area contributed by atoms with Crippen molar-refractivity contribution in [2.75, 3.05) is 19.6 Å². The average Bonchev–Trinajstić information content (AvgIpc) is 3.75. The molecule has 0 spiro atoms. The lowest BCUT2D eigenvalue weighted by atomic mass is 9.91. The highest BCUT2D eigenvalue weighted by Crippen LogP contribution is 2.38. The van der Waals surface area contributed by atoms with Crippen molar-refractivity contribution >= 4 is 17.1 Å². The second-order valence-electron chi connectivity index (χ2n) is 11.5. The molecule has 0 aliphatic carbocycles. The van der Waals surface area contributed by atoms with Gasteiger partial charge in [-0.25, -0.2) is 9.97 Å². The minimum Gasteiger partial charge on any atom is -0.481 e. The van der Waals surface area contributed by atoms with Crippen LogP contribution in [0.25, 0.3) is 45.1 Å². The van der Waals surface area contributed by atoms with Gasteiger partial charge in [-0.3, -0.25) is 9.69 Å². The Balaban J connectivity index is 1.23. The number of carbonyl (C=O) groups is 1. The highest BCUT2D eigenvalue weighted by molar-refractivity contribution is 5.85. The van der Waals surface area contributed by atoms with E-state index in [0.29, 0.717) is 54.5 Å². The minimum atomic E-state index is -0.759. The number of aromatic nitrogens is 2. The van der Waals surface area contributed by atoms with Gasteiger partial charge in [0.25, 0.3) is 0 Å². The Morgan fingerprint density at radius 3 is 2.40 bits per heavy atom. The molecule has 5 aromatic rings. The van der Waals surface area contributed by atoms with Crippen molar-refractivity contribution in [2.24, 2.45) is 5.92 Å². The number of fused-ring (bicyclic) bond motifs is 2. The monoisotopic (exact) mass is 573 g/mol. The van der Waals surface area contributed by atoms with E-state index in [4.69, 9.17) is 18.8 Å². The van der Waals surface area contributed by atoms with E-state index in [9.17, 15) is 15.2 Å². The second kappa shape index (κ2) is 10.8. The molecule has 2 aromatic heterocycles. The lowest BCUT2D eigenvalue weighted by Gasteiger charge is -2.15. The Morgan fingerprint density at radius 2 is 1.74 bits per heavy atom. The van der Waals surface area contributed by atoms with Gasteiger partial charge in [-0.2, -0.15) is 5.26 Å². The van der Waals surface area contributed by atoms with Crippen molar-refractivity contribution in [2.45, 2.75) is 39.8 Å². The van der Waals surface area contributed by atoms with Crippen LogP contribution in [0.5, 0.6) is 0 Å². The number of carboxylic acids is 1. The number of oxazole rings is 2. The maximum absolute atomic E-state index is 11.4. The van der Waals surface area contributed by atoms with E-state index in [0.717, 1.165) is 69.9 Å². The number of carboxylic acid groups (broad SMARTS) is 1. The van der Waals surface area contributed by atoms with Gasteiger partial charge in [0.05, 0.1) is 17.2 Å². The molecule has 9 nitrogen and oxygen atoms in total. The van der Waals surface area contributed by atoms with Crippen molar-refractivity contribution in [3.8, 4) is 40.1 Å². The van der Waals surface area contributed by atoms with Crippen molar-refractivity contribution in [1.82, 2.24) is 20.2 Å². The average molecular weight is 574 g/mol. The molecule has 3 aromatic carbocycles. The van der Waals surface area contributed by atoms with Crippen LogP contribution in [0.2, 0.25) is 0 Å². The first-order chi connectivity index (χ1) is 20.9. The molecule has 7 rings (SSSR count). The fraction of sp³-hybridized carbons (Fsp3) is 0.294. The molecule has 1 saturated heterocycles. The van der Waals surface area contributed by atoms with Gasteiger partial charge in [-0.15, -0.1) is 0 Å². The molecule has 0 unspecified atom stereocenters. The molecule has 9 heteroatoms. The van der Waals surface area contributed by atoms with E-state index in [1.807, 2.05) is 30.3 Å². The number of benzene rings is 3. The summed E-state index contributed by atoms with van der Waals surface area (Å²) in [6.45, 7) is 7.55. The van der Waals surface area contributed by atoms with E-state index in [2.05, 4.69) is 48.3 Å². The number of hydrogen-bond donors (Lipinski definition) is 2. The Morgan fingerprint density at radius 1 is 1.05 bits per heavy atom. The molecule has 216 valence electrons. The molecule has 2 N–H and O–H groups in total. The van der Waals surface area contributed by atoms with Gasteiger partial charge >= 0.3 is 5.97 Å². The maximum atomic E-state index is 11.4. The Hall–Kier alpha value is -4.78. The maximum Gasteiger partial charge on any atom is 0.307 e. The summed E-state index contributed by atoms with van der Waals surface area (Å²) in [4.78, 5) is 23.1. The number of nitrogens with zero attached hydrogens (tertiary/aromatic N) is 4. The minimum absolute atomic E-state index is 0.352. The van der Waals surface area contributed by atoms with Crippen LogP contribution in [0.1, 0.15) is 40.1 Å². The van der Waals surface area contributed by atoms with Gasteiger partial charge in [0.2, 0.25) is 11.8 Å². The van der Waals surface area contributed by atoms with Gasteiger partial charge in [0.15, 0.2) is 5.58 Å². The van der Waals surface area contributed by atoms with Crippen LogP contribution in [0.3, 0.4) is 0 Å². The highest BCUT2D eigenvalue weighted by atomic mass is 16.4. The van der Waals surface area contributed by atoms with Crippen molar-refractivity contribution in [3.63, 3.8) is 0 Å². The molecule has 0 bridgehead atoms. The van der Waals surface area contributed by atoms with Crippen LogP contribution >= 0.6 is 0 Å². The van der Waals surface area contributed by atoms with Crippen molar-refractivity contribution in [1.29, 1.82) is 5.26 Å². The molecule has 1 atom stereocenters. The molecule has 43 heavy (non-hydrogen) atoms. The third kappa shape index (κ3) is 4.88.